The number of aromatic nitrogens is 3. The molecule has 4 rings (SSSR count). The second kappa shape index (κ2) is 6.16. The van der Waals surface area contributed by atoms with E-state index in [0.717, 1.165) is 10.9 Å². The molecule has 0 radical (unpaired) electrons. The summed E-state index contributed by atoms with van der Waals surface area (Å²) in [6.45, 7) is 0.00756. The van der Waals surface area contributed by atoms with E-state index in [0.29, 0.717) is 16.6 Å². The van der Waals surface area contributed by atoms with Gasteiger partial charge in [0.2, 0.25) is 11.3 Å². The van der Waals surface area contributed by atoms with Crippen LogP contribution in [0.4, 0.5) is 5.69 Å². The molecule has 0 unspecified atom stereocenters. The number of nitrogens with one attached hydrogen (secondary N) is 1. The molecular formula is C19H14N4O2. The zero-order chi connectivity index (χ0) is 17.2. The van der Waals surface area contributed by atoms with Crippen molar-refractivity contribution in [1.29, 1.82) is 0 Å². The van der Waals surface area contributed by atoms with Crippen LogP contribution in [0.3, 0.4) is 0 Å². The number of rotatable bonds is 3. The minimum absolute atomic E-state index is 0.00756. The summed E-state index contributed by atoms with van der Waals surface area (Å²) in [6, 6.07) is 16.7. The predicted molar refractivity (Wildman–Crippen MR) is 96.4 cm³/mol. The third kappa shape index (κ3) is 2.97. The Hall–Kier alpha value is -3.54. The Balaban J connectivity index is 1.60. The van der Waals surface area contributed by atoms with Gasteiger partial charge in [0.25, 0.3) is 0 Å². The number of hydrogen-bond acceptors (Lipinski definition) is 4. The van der Waals surface area contributed by atoms with Gasteiger partial charge in [0.15, 0.2) is 0 Å². The van der Waals surface area contributed by atoms with Crippen molar-refractivity contribution in [3.63, 3.8) is 0 Å². The van der Waals surface area contributed by atoms with Crippen LogP contribution in [-0.4, -0.2) is 20.7 Å². The van der Waals surface area contributed by atoms with Crippen molar-refractivity contribution < 1.29 is 4.79 Å². The van der Waals surface area contributed by atoms with Gasteiger partial charge < -0.3 is 5.32 Å². The smallest absolute Gasteiger partial charge is 0.246 e. The highest BCUT2D eigenvalue weighted by Gasteiger charge is 2.09. The van der Waals surface area contributed by atoms with Crippen molar-refractivity contribution in [2.24, 2.45) is 0 Å². The number of carbonyl (C=O) groups is 1. The minimum atomic E-state index is -0.238. The van der Waals surface area contributed by atoms with Crippen molar-refractivity contribution in [3.05, 3.63) is 77.2 Å². The number of carbonyl (C=O) groups excluding carboxylic acids is 1. The quantitative estimate of drug-likeness (QED) is 0.626. The van der Waals surface area contributed by atoms with E-state index in [1.807, 2.05) is 36.4 Å². The van der Waals surface area contributed by atoms with Crippen LogP contribution in [0.1, 0.15) is 0 Å². The lowest BCUT2D eigenvalue weighted by Gasteiger charge is -2.10. The van der Waals surface area contributed by atoms with Gasteiger partial charge in [0, 0.05) is 10.8 Å². The molecule has 1 amide bonds. The Morgan fingerprint density at radius 2 is 1.84 bits per heavy atom. The van der Waals surface area contributed by atoms with Crippen LogP contribution >= 0.6 is 0 Å². The van der Waals surface area contributed by atoms with Crippen molar-refractivity contribution in [2.75, 3.05) is 5.32 Å². The van der Waals surface area contributed by atoms with Gasteiger partial charge >= 0.3 is 0 Å². The number of anilines is 1. The van der Waals surface area contributed by atoms with Gasteiger partial charge in [-0.2, -0.15) is 5.10 Å². The van der Waals surface area contributed by atoms with E-state index >= 15 is 0 Å². The summed E-state index contributed by atoms with van der Waals surface area (Å²) in [7, 11) is 0. The number of benzene rings is 2. The molecule has 4 aromatic rings. The van der Waals surface area contributed by atoms with Crippen LogP contribution in [0.5, 0.6) is 0 Å². The lowest BCUT2D eigenvalue weighted by atomic mass is 10.2. The van der Waals surface area contributed by atoms with Crippen LogP contribution in [0.2, 0.25) is 0 Å². The first-order chi connectivity index (χ1) is 12.2. The van der Waals surface area contributed by atoms with E-state index in [1.165, 1.54) is 10.9 Å². The van der Waals surface area contributed by atoms with Crippen molar-refractivity contribution in [2.45, 2.75) is 6.54 Å². The van der Waals surface area contributed by atoms with Crippen LogP contribution in [-0.2, 0) is 11.3 Å². The van der Waals surface area contributed by atoms with Gasteiger partial charge in [-0.3, -0.25) is 19.3 Å². The molecule has 0 bridgehead atoms. The highest BCUT2D eigenvalue weighted by atomic mass is 16.2. The molecule has 0 aliphatic carbocycles. The maximum Gasteiger partial charge on any atom is 0.246 e. The normalized spacial score (nSPS) is 10.9. The van der Waals surface area contributed by atoms with Crippen LogP contribution < -0.4 is 10.7 Å². The van der Waals surface area contributed by atoms with E-state index in [-0.39, 0.29) is 17.9 Å². The molecule has 0 fully saturated rings. The molecule has 2 heterocycles. The lowest BCUT2D eigenvalue weighted by Crippen LogP contribution is -2.22. The standard InChI is InChI=1S/C19H14N4O2/c24-18-11-21-23(17-8-4-2-6-15(17)18)12-19(25)22-14-9-13-5-1-3-7-16(13)20-10-14/h1-11H,12H2,(H,22,25). The third-order valence-corrected chi connectivity index (χ3v) is 3.93. The number of nitrogens with zero attached hydrogens (tertiary/aromatic N) is 3. The fourth-order valence-corrected chi connectivity index (χ4v) is 2.76. The molecule has 0 saturated carbocycles. The Bertz CT molecular complexity index is 1150. The molecule has 122 valence electrons. The first-order valence-corrected chi connectivity index (χ1v) is 7.80. The highest BCUT2D eigenvalue weighted by Crippen LogP contribution is 2.16. The topological polar surface area (TPSA) is 76.9 Å². The molecule has 0 atom stereocenters. The van der Waals surface area contributed by atoms with Crippen molar-refractivity contribution >= 4 is 33.4 Å². The predicted octanol–water partition coefficient (Wildman–Crippen LogP) is 2.58. The summed E-state index contributed by atoms with van der Waals surface area (Å²) in [5, 5.41) is 8.38. The number of para-hydroxylation sites is 2. The molecule has 25 heavy (non-hydrogen) atoms. The molecule has 0 spiro atoms. The Labute approximate surface area is 142 Å². The fourth-order valence-electron chi connectivity index (χ4n) is 2.76. The van der Waals surface area contributed by atoms with Gasteiger partial charge in [0.05, 0.1) is 29.1 Å². The summed E-state index contributed by atoms with van der Waals surface area (Å²) < 4.78 is 1.51. The zero-order valence-corrected chi connectivity index (χ0v) is 13.2. The number of amides is 1. The van der Waals surface area contributed by atoms with Crippen molar-refractivity contribution in [1.82, 2.24) is 14.8 Å². The van der Waals surface area contributed by atoms with E-state index in [9.17, 15) is 9.59 Å². The van der Waals surface area contributed by atoms with E-state index in [4.69, 9.17) is 0 Å². The molecule has 2 aromatic heterocycles. The Kier molecular flexibility index (Phi) is 3.70. The average molecular weight is 330 g/mol. The highest BCUT2D eigenvalue weighted by molar-refractivity contribution is 5.93. The van der Waals surface area contributed by atoms with Gasteiger partial charge in [-0.25, -0.2) is 0 Å². The first kappa shape index (κ1) is 15.0. The third-order valence-electron chi connectivity index (χ3n) is 3.93. The van der Waals surface area contributed by atoms with Crippen LogP contribution in [0, 0.1) is 0 Å². The molecule has 6 nitrogen and oxygen atoms in total. The van der Waals surface area contributed by atoms with Gasteiger partial charge in [-0.1, -0.05) is 30.3 Å². The summed E-state index contributed by atoms with van der Waals surface area (Å²) in [5.41, 5.74) is 1.95. The maximum absolute atomic E-state index is 12.4. The fraction of sp³-hybridized carbons (Fsp3) is 0.0526. The van der Waals surface area contributed by atoms with Crippen molar-refractivity contribution in [3.8, 4) is 0 Å². The van der Waals surface area contributed by atoms with Crippen LogP contribution in [0.25, 0.3) is 21.8 Å². The van der Waals surface area contributed by atoms with E-state index < -0.39 is 0 Å². The molecule has 0 saturated heterocycles. The number of pyridine rings is 1. The molecule has 6 heteroatoms. The molecule has 0 aliphatic heterocycles. The van der Waals surface area contributed by atoms with Gasteiger partial charge in [-0.05, 0) is 24.3 Å². The largest absolute Gasteiger partial charge is 0.323 e. The van der Waals surface area contributed by atoms with E-state index in [1.54, 1.807) is 24.4 Å². The Morgan fingerprint density at radius 1 is 1.04 bits per heavy atom. The first-order valence-electron chi connectivity index (χ1n) is 7.80. The average Bonchev–Trinajstić information content (AvgIpc) is 2.64. The lowest BCUT2D eigenvalue weighted by molar-refractivity contribution is -0.116. The summed E-state index contributed by atoms with van der Waals surface area (Å²) >= 11 is 0. The van der Waals surface area contributed by atoms with Gasteiger partial charge in [0.1, 0.15) is 6.54 Å². The summed E-state index contributed by atoms with van der Waals surface area (Å²) in [4.78, 5) is 28.5. The minimum Gasteiger partial charge on any atom is -0.323 e. The molecule has 0 aliphatic rings. The number of fused-ring (bicyclic) bond motifs is 2. The molecule has 1 N–H and O–H groups in total. The molecular weight excluding hydrogens is 316 g/mol. The van der Waals surface area contributed by atoms with Gasteiger partial charge in [-0.15, -0.1) is 0 Å². The number of hydrogen-bond donors (Lipinski definition) is 1. The SMILES string of the molecule is O=C(Cn1ncc(=O)c2ccccc21)Nc1cnc2ccccc2c1. The second-order valence-electron chi connectivity index (χ2n) is 5.65. The monoisotopic (exact) mass is 330 g/mol. The summed E-state index contributed by atoms with van der Waals surface area (Å²) in [6.07, 6.45) is 2.85. The van der Waals surface area contributed by atoms with Crippen LogP contribution in [0.15, 0.2) is 71.8 Å². The van der Waals surface area contributed by atoms with E-state index in [2.05, 4.69) is 15.4 Å². The molecule has 2 aromatic carbocycles. The maximum atomic E-state index is 12.4. The summed E-state index contributed by atoms with van der Waals surface area (Å²) in [5.74, 6) is -0.238. The second-order valence-corrected chi connectivity index (χ2v) is 5.65. The zero-order valence-electron chi connectivity index (χ0n) is 13.2. The Morgan fingerprint density at radius 3 is 2.76 bits per heavy atom.